The maximum absolute atomic E-state index is 5.71. The largest absolute Gasteiger partial charge is 0.383 e. The Labute approximate surface area is 115 Å². The average Bonchev–Trinajstić information content (AvgIpc) is 2.36. The fraction of sp³-hybridized carbons (Fsp3) is 0.692. The van der Waals surface area contributed by atoms with Crippen molar-refractivity contribution >= 4 is 11.6 Å². The first kappa shape index (κ1) is 15.7. The maximum atomic E-state index is 5.71. The summed E-state index contributed by atoms with van der Waals surface area (Å²) < 4.78 is 5.00. The van der Waals surface area contributed by atoms with Crippen molar-refractivity contribution in [1.29, 1.82) is 0 Å². The molecule has 0 saturated carbocycles. The van der Waals surface area contributed by atoms with Crippen LogP contribution in [0.1, 0.15) is 19.7 Å². The summed E-state index contributed by atoms with van der Waals surface area (Å²) in [4.78, 5) is 8.69. The van der Waals surface area contributed by atoms with E-state index in [0.717, 1.165) is 30.5 Å². The molecule has 0 atom stereocenters. The van der Waals surface area contributed by atoms with Crippen molar-refractivity contribution in [2.24, 2.45) is 11.1 Å². The van der Waals surface area contributed by atoms with Crippen LogP contribution in [0.4, 0.5) is 11.6 Å². The van der Waals surface area contributed by atoms with Gasteiger partial charge >= 0.3 is 0 Å². The minimum absolute atomic E-state index is 0.0441. The Kier molecular flexibility index (Phi) is 5.98. The zero-order valence-electron chi connectivity index (χ0n) is 12.3. The minimum Gasteiger partial charge on any atom is -0.383 e. The molecule has 0 aromatic carbocycles. The highest BCUT2D eigenvalue weighted by atomic mass is 16.5. The van der Waals surface area contributed by atoms with Crippen molar-refractivity contribution in [2.45, 2.75) is 20.8 Å². The number of nitrogens with zero attached hydrogens (tertiary/aromatic N) is 2. The van der Waals surface area contributed by atoms with Crippen LogP contribution in [0.25, 0.3) is 0 Å². The minimum atomic E-state index is 0.0441. The number of aromatic nitrogens is 2. The molecule has 0 aliphatic carbocycles. The number of aryl methyl sites for hydroxylation is 1. The van der Waals surface area contributed by atoms with Gasteiger partial charge in [0.2, 0.25) is 0 Å². The van der Waals surface area contributed by atoms with E-state index in [1.165, 1.54) is 0 Å². The van der Waals surface area contributed by atoms with Crippen LogP contribution in [-0.2, 0) is 4.74 Å². The molecule has 0 bridgehead atoms. The fourth-order valence-corrected chi connectivity index (χ4v) is 1.43. The van der Waals surface area contributed by atoms with Crippen molar-refractivity contribution in [3.05, 3.63) is 11.9 Å². The van der Waals surface area contributed by atoms with Gasteiger partial charge < -0.3 is 21.1 Å². The molecule has 1 aromatic heterocycles. The lowest BCUT2D eigenvalue weighted by molar-refractivity contribution is 0.210. The first-order valence-electron chi connectivity index (χ1n) is 6.49. The third-order valence-corrected chi connectivity index (χ3v) is 2.75. The van der Waals surface area contributed by atoms with E-state index in [2.05, 4.69) is 34.4 Å². The molecule has 0 saturated heterocycles. The van der Waals surface area contributed by atoms with Gasteiger partial charge in [-0.25, -0.2) is 9.97 Å². The second-order valence-corrected chi connectivity index (χ2v) is 5.33. The summed E-state index contributed by atoms with van der Waals surface area (Å²) in [5.41, 5.74) is 5.76. The van der Waals surface area contributed by atoms with Crippen LogP contribution in [-0.4, -0.2) is 43.3 Å². The molecular weight excluding hydrogens is 242 g/mol. The molecule has 19 heavy (non-hydrogen) atoms. The van der Waals surface area contributed by atoms with Gasteiger partial charge in [-0.05, 0) is 18.9 Å². The first-order valence-corrected chi connectivity index (χ1v) is 6.49. The van der Waals surface area contributed by atoms with Gasteiger partial charge in [-0.15, -0.1) is 0 Å². The summed E-state index contributed by atoms with van der Waals surface area (Å²) in [5, 5.41) is 6.50. The lowest BCUT2D eigenvalue weighted by atomic mass is 9.94. The third-order valence-electron chi connectivity index (χ3n) is 2.75. The molecule has 0 amide bonds. The van der Waals surface area contributed by atoms with Gasteiger partial charge in [0.05, 0.1) is 6.61 Å². The van der Waals surface area contributed by atoms with E-state index in [9.17, 15) is 0 Å². The maximum Gasteiger partial charge on any atom is 0.131 e. The summed E-state index contributed by atoms with van der Waals surface area (Å²) in [6, 6.07) is 1.90. The fourth-order valence-electron chi connectivity index (χ4n) is 1.43. The molecule has 108 valence electrons. The molecule has 1 heterocycles. The van der Waals surface area contributed by atoms with Crippen molar-refractivity contribution in [2.75, 3.05) is 44.0 Å². The second kappa shape index (κ2) is 7.25. The predicted octanol–water partition coefficient (Wildman–Crippen LogP) is 1.24. The average molecular weight is 267 g/mol. The molecule has 1 rings (SSSR count). The highest BCUT2D eigenvalue weighted by molar-refractivity contribution is 5.47. The van der Waals surface area contributed by atoms with Crippen LogP contribution in [0.3, 0.4) is 0 Å². The zero-order valence-corrected chi connectivity index (χ0v) is 12.3. The zero-order chi connectivity index (χ0) is 14.3. The summed E-state index contributed by atoms with van der Waals surface area (Å²) in [6.45, 7) is 8.88. The Morgan fingerprint density at radius 1 is 1.26 bits per heavy atom. The van der Waals surface area contributed by atoms with Crippen LogP contribution in [0, 0.1) is 12.3 Å². The molecule has 0 unspecified atom stereocenters. The number of hydrogen-bond acceptors (Lipinski definition) is 6. The molecule has 0 radical (unpaired) electrons. The monoisotopic (exact) mass is 267 g/mol. The van der Waals surface area contributed by atoms with Crippen LogP contribution < -0.4 is 16.4 Å². The topological polar surface area (TPSA) is 85.1 Å². The Hall–Kier alpha value is -1.40. The normalized spacial score (nSPS) is 11.4. The Morgan fingerprint density at radius 2 is 1.89 bits per heavy atom. The lowest BCUT2D eigenvalue weighted by Gasteiger charge is -2.23. The van der Waals surface area contributed by atoms with E-state index in [4.69, 9.17) is 10.5 Å². The van der Waals surface area contributed by atoms with Gasteiger partial charge in [-0.3, -0.25) is 0 Å². The number of methoxy groups -OCH3 is 1. The number of anilines is 2. The van der Waals surface area contributed by atoms with Gasteiger partial charge in [0.25, 0.3) is 0 Å². The molecule has 0 aliphatic rings. The summed E-state index contributed by atoms with van der Waals surface area (Å²) in [6.07, 6.45) is 0. The van der Waals surface area contributed by atoms with E-state index < -0.39 is 0 Å². The van der Waals surface area contributed by atoms with Gasteiger partial charge in [0, 0.05) is 26.3 Å². The second-order valence-electron chi connectivity index (χ2n) is 5.33. The SMILES string of the molecule is COCCNc1cc(NCC(C)(C)CN)nc(C)n1. The smallest absolute Gasteiger partial charge is 0.131 e. The summed E-state index contributed by atoms with van der Waals surface area (Å²) in [7, 11) is 1.68. The van der Waals surface area contributed by atoms with E-state index in [0.29, 0.717) is 13.2 Å². The predicted molar refractivity (Wildman–Crippen MR) is 78.5 cm³/mol. The summed E-state index contributed by atoms with van der Waals surface area (Å²) in [5.74, 6) is 2.35. The lowest BCUT2D eigenvalue weighted by Crippen LogP contribution is -2.31. The van der Waals surface area contributed by atoms with Crippen LogP contribution in [0.2, 0.25) is 0 Å². The standard InChI is InChI=1S/C13H25N5O/c1-10-17-11(15-5-6-19-4)7-12(18-10)16-9-13(2,3)8-14/h7H,5-6,8-9,14H2,1-4H3,(H2,15,16,17,18). The number of nitrogens with one attached hydrogen (secondary N) is 2. The van der Waals surface area contributed by atoms with E-state index >= 15 is 0 Å². The number of ether oxygens (including phenoxy) is 1. The summed E-state index contributed by atoms with van der Waals surface area (Å²) >= 11 is 0. The Bertz CT molecular complexity index is 395. The van der Waals surface area contributed by atoms with Gasteiger partial charge in [0.15, 0.2) is 0 Å². The molecule has 4 N–H and O–H groups in total. The molecule has 1 aromatic rings. The van der Waals surface area contributed by atoms with E-state index in [-0.39, 0.29) is 5.41 Å². The Morgan fingerprint density at radius 3 is 2.47 bits per heavy atom. The van der Waals surface area contributed by atoms with Gasteiger partial charge in [-0.2, -0.15) is 0 Å². The molecule has 0 fully saturated rings. The first-order chi connectivity index (χ1) is 8.96. The quantitative estimate of drug-likeness (QED) is 0.615. The van der Waals surface area contributed by atoms with Crippen LogP contribution >= 0.6 is 0 Å². The van der Waals surface area contributed by atoms with Crippen LogP contribution in [0.5, 0.6) is 0 Å². The van der Waals surface area contributed by atoms with Gasteiger partial charge in [0.1, 0.15) is 17.5 Å². The third kappa shape index (κ3) is 5.85. The number of nitrogens with two attached hydrogens (primary N) is 1. The molecule has 6 nitrogen and oxygen atoms in total. The van der Waals surface area contributed by atoms with Crippen LogP contribution in [0.15, 0.2) is 6.07 Å². The van der Waals surface area contributed by atoms with Crippen molar-refractivity contribution in [3.8, 4) is 0 Å². The van der Waals surface area contributed by atoms with Crippen molar-refractivity contribution in [3.63, 3.8) is 0 Å². The highest BCUT2D eigenvalue weighted by Gasteiger charge is 2.15. The number of rotatable bonds is 8. The molecule has 6 heteroatoms. The molecule has 0 aliphatic heterocycles. The molecule has 0 spiro atoms. The molecular formula is C13H25N5O. The van der Waals surface area contributed by atoms with Crippen molar-refractivity contribution in [1.82, 2.24) is 9.97 Å². The highest BCUT2D eigenvalue weighted by Crippen LogP contribution is 2.16. The van der Waals surface area contributed by atoms with E-state index in [1.807, 2.05) is 13.0 Å². The number of hydrogen-bond donors (Lipinski definition) is 3. The van der Waals surface area contributed by atoms with Gasteiger partial charge in [-0.1, -0.05) is 13.8 Å². The Balaban J connectivity index is 2.63. The van der Waals surface area contributed by atoms with Crippen molar-refractivity contribution < 1.29 is 4.74 Å². The van der Waals surface area contributed by atoms with E-state index in [1.54, 1.807) is 7.11 Å².